The van der Waals surface area contributed by atoms with Crippen molar-refractivity contribution in [1.82, 2.24) is 4.31 Å². The van der Waals surface area contributed by atoms with Gasteiger partial charge in [-0.15, -0.1) is 0 Å². The summed E-state index contributed by atoms with van der Waals surface area (Å²) >= 11 is 3.30. The Balaban J connectivity index is 2.80. The Kier molecular flexibility index (Phi) is 2.94. The molecule has 1 fully saturated rings. The van der Waals surface area contributed by atoms with Crippen molar-refractivity contribution in [2.75, 3.05) is 17.6 Å². The molecule has 3 nitrogen and oxygen atoms in total. The van der Waals surface area contributed by atoms with Crippen molar-refractivity contribution in [2.24, 2.45) is 0 Å². The molecule has 5 heteroatoms. The minimum Gasteiger partial charge on any atom is -0.212 e. The molecule has 0 spiro atoms. The summed E-state index contributed by atoms with van der Waals surface area (Å²) in [6.07, 6.45) is 0.765. The van der Waals surface area contributed by atoms with Gasteiger partial charge in [0.1, 0.15) is 0 Å². The van der Waals surface area contributed by atoms with Gasteiger partial charge in [-0.05, 0) is 6.42 Å². The highest BCUT2D eigenvalue weighted by Gasteiger charge is 2.34. The van der Waals surface area contributed by atoms with Gasteiger partial charge < -0.3 is 0 Å². The highest BCUT2D eigenvalue weighted by Crippen LogP contribution is 2.21. The molecule has 1 aliphatic rings. The normalized spacial score (nSPS) is 30.9. The molecule has 1 atom stereocenters. The molecule has 1 rings (SSSR count). The first kappa shape index (κ1) is 9.48. The smallest absolute Gasteiger partial charge is 0.212 e. The summed E-state index contributed by atoms with van der Waals surface area (Å²) in [5.41, 5.74) is 0. The maximum atomic E-state index is 11.3. The predicted octanol–water partition coefficient (Wildman–Crippen LogP) is 0.805. The van der Waals surface area contributed by atoms with Gasteiger partial charge >= 0.3 is 0 Å². The van der Waals surface area contributed by atoms with E-state index in [1.54, 1.807) is 4.31 Å². The van der Waals surface area contributed by atoms with Crippen molar-refractivity contribution in [1.29, 1.82) is 0 Å². The van der Waals surface area contributed by atoms with Crippen LogP contribution in [0.15, 0.2) is 0 Å². The Morgan fingerprint density at radius 1 is 1.64 bits per heavy atom. The van der Waals surface area contributed by atoms with E-state index in [0.29, 0.717) is 12.3 Å². The van der Waals surface area contributed by atoms with Crippen LogP contribution in [-0.4, -0.2) is 36.4 Å². The SMILES string of the molecule is CCN1C(CBr)CCS1(=O)=O. The molecule has 0 aromatic heterocycles. The lowest BCUT2D eigenvalue weighted by Crippen LogP contribution is -2.33. The third-order valence-electron chi connectivity index (χ3n) is 1.96. The van der Waals surface area contributed by atoms with Crippen LogP contribution in [0.1, 0.15) is 13.3 Å². The summed E-state index contributed by atoms with van der Waals surface area (Å²) in [5, 5.41) is 0.750. The molecule has 11 heavy (non-hydrogen) atoms. The lowest BCUT2D eigenvalue weighted by molar-refractivity contribution is 0.384. The zero-order valence-corrected chi connectivity index (χ0v) is 8.86. The van der Waals surface area contributed by atoms with Crippen molar-refractivity contribution >= 4 is 26.0 Å². The molecule has 0 N–H and O–H groups in total. The molecule has 0 amide bonds. The van der Waals surface area contributed by atoms with Gasteiger partial charge in [0, 0.05) is 17.9 Å². The molecule has 1 heterocycles. The Labute approximate surface area is 75.9 Å². The second kappa shape index (κ2) is 3.41. The molecule has 0 aliphatic carbocycles. The van der Waals surface area contributed by atoms with Gasteiger partial charge in [0.2, 0.25) is 10.0 Å². The summed E-state index contributed by atoms with van der Waals surface area (Å²) in [4.78, 5) is 0. The Bertz CT molecular complexity index is 227. The molecule has 1 unspecified atom stereocenters. The van der Waals surface area contributed by atoms with Gasteiger partial charge in [-0.3, -0.25) is 0 Å². The van der Waals surface area contributed by atoms with E-state index >= 15 is 0 Å². The van der Waals surface area contributed by atoms with Gasteiger partial charge in [0.05, 0.1) is 5.75 Å². The summed E-state index contributed by atoms with van der Waals surface area (Å²) in [7, 11) is -2.90. The number of hydrogen-bond acceptors (Lipinski definition) is 2. The third-order valence-corrected chi connectivity index (χ3v) is 4.73. The van der Waals surface area contributed by atoms with E-state index in [9.17, 15) is 8.42 Å². The lowest BCUT2D eigenvalue weighted by atomic mass is 10.3. The molecule has 0 aromatic rings. The van der Waals surface area contributed by atoms with Gasteiger partial charge in [-0.25, -0.2) is 8.42 Å². The minimum atomic E-state index is -2.90. The summed E-state index contributed by atoms with van der Waals surface area (Å²) in [6, 6.07) is 0.185. The Hall–Kier alpha value is 0.390. The summed E-state index contributed by atoms with van der Waals surface area (Å²) < 4.78 is 24.1. The minimum absolute atomic E-state index is 0.185. The topological polar surface area (TPSA) is 37.4 Å². The van der Waals surface area contributed by atoms with E-state index in [2.05, 4.69) is 15.9 Å². The van der Waals surface area contributed by atoms with Crippen molar-refractivity contribution in [3.8, 4) is 0 Å². The second-order valence-electron chi connectivity index (χ2n) is 2.62. The molecule has 0 bridgehead atoms. The van der Waals surface area contributed by atoms with Crippen LogP contribution in [0.2, 0.25) is 0 Å². The fourth-order valence-electron chi connectivity index (χ4n) is 1.38. The fourth-order valence-corrected chi connectivity index (χ4v) is 4.08. The van der Waals surface area contributed by atoms with Crippen LogP contribution in [-0.2, 0) is 10.0 Å². The first-order valence-corrected chi connectivity index (χ1v) is 6.40. The number of sulfonamides is 1. The zero-order valence-electron chi connectivity index (χ0n) is 6.46. The molecular weight excluding hydrogens is 230 g/mol. The van der Waals surface area contributed by atoms with Crippen LogP contribution in [0.5, 0.6) is 0 Å². The summed E-state index contributed by atoms with van der Waals surface area (Å²) in [5.74, 6) is 0.317. The average molecular weight is 242 g/mol. The van der Waals surface area contributed by atoms with E-state index in [-0.39, 0.29) is 6.04 Å². The highest BCUT2D eigenvalue weighted by molar-refractivity contribution is 9.09. The van der Waals surface area contributed by atoms with Crippen molar-refractivity contribution < 1.29 is 8.42 Å². The van der Waals surface area contributed by atoms with E-state index in [1.165, 1.54) is 0 Å². The largest absolute Gasteiger partial charge is 0.214 e. The van der Waals surface area contributed by atoms with Crippen LogP contribution in [0.25, 0.3) is 0 Å². The van der Waals surface area contributed by atoms with Gasteiger partial charge in [0.15, 0.2) is 0 Å². The molecule has 1 saturated heterocycles. The maximum absolute atomic E-state index is 11.3. The van der Waals surface area contributed by atoms with Crippen LogP contribution in [0.3, 0.4) is 0 Å². The predicted molar refractivity (Wildman–Crippen MR) is 48.4 cm³/mol. The van der Waals surface area contributed by atoms with E-state index in [4.69, 9.17) is 0 Å². The number of rotatable bonds is 2. The van der Waals surface area contributed by atoms with Gasteiger partial charge in [0.25, 0.3) is 0 Å². The molecule has 0 radical (unpaired) electrons. The summed E-state index contributed by atoms with van der Waals surface area (Å²) in [6.45, 7) is 2.47. The Morgan fingerprint density at radius 3 is 2.64 bits per heavy atom. The monoisotopic (exact) mass is 241 g/mol. The number of halogens is 1. The third kappa shape index (κ3) is 1.76. The van der Waals surface area contributed by atoms with Crippen molar-refractivity contribution in [2.45, 2.75) is 19.4 Å². The number of nitrogens with zero attached hydrogens (tertiary/aromatic N) is 1. The number of alkyl halides is 1. The Morgan fingerprint density at radius 2 is 2.27 bits per heavy atom. The van der Waals surface area contributed by atoms with Crippen molar-refractivity contribution in [3.63, 3.8) is 0 Å². The standard InChI is InChI=1S/C6H12BrNO2S/c1-2-8-6(5-7)3-4-11(8,9)10/h6H,2-5H2,1H3. The molecule has 0 saturated carbocycles. The van der Waals surface area contributed by atoms with Crippen LogP contribution >= 0.6 is 15.9 Å². The van der Waals surface area contributed by atoms with Crippen molar-refractivity contribution in [3.05, 3.63) is 0 Å². The van der Waals surface area contributed by atoms with Gasteiger partial charge in [-0.2, -0.15) is 4.31 Å². The average Bonchev–Trinajstić information content (AvgIpc) is 2.24. The molecular formula is C6H12BrNO2S. The highest BCUT2D eigenvalue weighted by atomic mass is 79.9. The second-order valence-corrected chi connectivity index (χ2v) is 5.30. The van der Waals surface area contributed by atoms with E-state index in [0.717, 1.165) is 11.8 Å². The molecule has 66 valence electrons. The van der Waals surface area contributed by atoms with E-state index < -0.39 is 10.0 Å². The van der Waals surface area contributed by atoms with Gasteiger partial charge in [-0.1, -0.05) is 22.9 Å². The van der Waals surface area contributed by atoms with Crippen LogP contribution < -0.4 is 0 Å². The van der Waals surface area contributed by atoms with Crippen LogP contribution in [0.4, 0.5) is 0 Å². The quantitative estimate of drug-likeness (QED) is 0.672. The maximum Gasteiger partial charge on any atom is 0.214 e. The first-order chi connectivity index (χ1) is 5.11. The molecule has 1 aliphatic heterocycles. The van der Waals surface area contributed by atoms with E-state index in [1.807, 2.05) is 6.92 Å². The fraction of sp³-hybridized carbons (Fsp3) is 1.00. The van der Waals surface area contributed by atoms with Crippen LogP contribution in [0, 0.1) is 0 Å². The lowest BCUT2D eigenvalue weighted by Gasteiger charge is -2.18. The zero-order chi connectivity index (χ0) is 8.48. The first-order valence-electron chi connectivity index (χ1n) is 3.67. The number of hydrogen-bond donors (Lipinski definition) is 0. The molecule has 0 aromatic carbocycles.